The van der Waals surface area contributed by atoms with Crippen LogP contribution in [0.2, 0.25) is 0 Å². The highest BCUT2D eigenvalue weighted by molar-refractivity contribution is 6.07. The molecule has 1 heterocycles. The van der Waals surface area contributed by atoms with E-state index in [4.69, 9.17) is 0 Å². The third-order valence-corrected chi connectivity index (χ3v) is 4.55. The quantitative estimate of drug-likeness (QED) is 0.478. The molecule has 2 aliphatic carbocycles. The third kappa shape index (κ3) is 2.37. The molecule has 3 rings (SSSR count). The molecule has 1 aliphatic heterocycles. The lowest BCUT2D eigenvalue weighted by Gasteiger charge is -2.29. The second-order valence-corrected chi connectivity index (χ2v) is 6.00. The minimum Gasteiger partial charge on any atom is -0.321 e. The summed E-state index contributed by atoms with van der Waals surface area (Å²) in [6.07, 6.45) is 13.7. The maximum absolute atomic E-state index is 12.5. The molecule has 1 saturated heterocycles. The number of nitrogens with one attached hydrogen (secondary N) is 1. The zero-order chi connectivity index (χ0) is 14.0. The molecular formula is C15H21N3O2. The van der Waals surface area contributed by atoms with Gasteiger partial charge in [-0.05, 0) is 38.0 Å². The zero-order valence-corrected chi connectivity index (χ0v) is 11.7. The van der Waals surface area contributed by atoms with Crippen LogP contribution in [0.15, 0.2) is 17.3 Å². The number of hydrazone groups is 1. The molecule has 1 atom stereocenters. The average molecular weight is 275 g/mol. The van der Waals surface area contributed by atoms with Crippen molar-refractivity contribution in [2.45, 2.75) is 56.9 Å². The lowest BCUT2D eigenvalue weighted by Crippen LogP contribution is -2.48. The number of amides is 3. The van der Waals surface area contributed by atoms with Gasteiger partial charge in [-0.2, -0.15) is 5.10 Å². The van der Waals surface area contributed by atoms with Gasteiger partial charge in [-0.15, -0.1) is 5.01 Å². The van der Waals surface area contributed by atoms with Gasteiger partial charge in [-0.1, -0.05) is 31.4 Å². The van der Waals surface area contributed by atoms with Crippen molar-refractivity contribution in [3.05, 3.63) is 12.2 Å². The number of hydrogen-bond acceptors (Lipinski definition) is 3. The molecule has 1 saturated carbocycles. The second-order valence-electron chi connectivity index (χ2n) is 6.00. The Labute approximate surface area is 119 Å². The lowest BCUT2D eigenvalue weighted by atomic mass is 9.82. The molecule has 0 aromatic carbocycles. The van der Waals surface area contributed by atoms with Gasteiger partial charge < -0.3 is 5.32 Å². The number of rotatable bonds is 2. The monoisotopic (exact) mass is 275 g/mol. The summed E-state index contributed by atoms with van der Waals surface area (Å²) >= 11 is 0. The molecule has 0 radical (unpaired) electrons. The minimum atomic E-state index is -0.668. The van der Waals surface area contributed by atoms with Crippen LogP contribution in [0.4, 0.5) is 4.79 Å². The molecule has 0 bridgehead atoms. The Bertz CT molecular complexity index is 464. The summed E-state index contributed by atoms with van der Waals surface area (Å²) in [6.45, 7) is 0. The van der Waals surface area contributed by atoms with Gasteiger partial charge in [0.15, 0.2) is 0 Å². The number of urea groups is 1. The maximum atomic E-state index is 12.5. The van der Waals surface area contributed by atoms with Crippen molar-refractivity contribution in [3.63, 3.8) is 0 Å². The Balaban J connectivity index is 1.70. The summed E-state index contributed by atoms with van der Waals surface area (Å²) in [6, 6.07) is -0.362. The Morgan fingerprint density at radius 3 is 2.75 bits per heavy atom. The molecule has 0 aromatic rings. The van der Waals surface area contributed by atoms with E-state index in [1.807, 2.05) is 0 Å². The normalized spacial score (nSPS) is 29.4. The van der Waals surface area contributed by atoms with Crippen LogP contribution in [-0.4, -0.2) is 28.7 Å². The Hall–Kier alpha value is -1.65. The van der Waals surface area contributed by atoms with Gasteiger partial charge in [0.25, 0.3) is 5.91 Å². The number of nitrogens with zero attached hydrogens (tertiary/aromatic N) is 2. The largest absolute Gasteiger partial charge is 0.346 e. The van der Waals surface area contributed by atoms with E-state index < -0.39 is 5.54 Å². The minimum absolute atomic E-state index is 0.162. The number of carbonyl (C=O) groups is 2. The molecule has 3 aliphatic rings. The summed E-state index contributed by atoms with van der Waals surface area (Å²) in [5.74, 6) is 0.174. The Morgan fingerprint density at radius 1 is 1.25 bits per heavy atom. The number of hydrogen-bond donors (Lipinski definition) is 1. The van der Waals surface area contributed by atoms with Crippen molar-refractivity contribution in [2.24, 2.45) is 11.0 Å². The van der Waals surface area contributed by atoms with Gasteiger partial charge in [0.1, 0.15) is 5.54 Å². The molecule has 2 fully saturated rings. The molecule has 108 valence electrons. The molecule has 1 spiro atoms. The van der Waals surface area contributed by atoms with Gasteiger partial charge in [0.2, 0.25) is 0 Å². The standard InChI is InChI=1S/C15H21N3O2/c19-13-15(9-5-2-6-10-15)17-14(20)18(13)16-11-12-7-3-1-4-8-12/h1,3,11-12H,2,4-10H2,(H,17,20)/b16-11-/t12-/m1/s1. The van der Waals surface area contributed by atoms with Crippen LogP contribution in [-0.2, 0) is 4.79 Å². The fraction of sp³-hybridized carbons (Fsp3) is 0.667. The SMILES string of the molecule is O=C1NC2(CCCCC2)C(=O)N1/N=C\[C@@H]1CC=CCC1. The summed E-state index contributed by atoms with van der Waals surface area (Å²) in [4.78, 5) is 24.5. The second kappa shape index (κ2) is 5.38. The first kappa shape index (κ1) is 13.3. The number of imide groups is 1. The van der Waals surface area contributed by atoms with Crippen LogP contribution >= 0.6 is 0 Å². The van der Waals surface area contributed by atoms with Crippen molar-refractivity contribution < 1.29 is 9.59 Å². The van der Waals surface area contributed by atoms with Crippen LogP contribution in [0.3, 0.4) is 0 Å². The predicted octanol–water partition coefficient (Wildman–Crippen LogP) is 2.58. The topological polar surface area (TPSA) is 61.8 Å². The summed E-state index contributed by atoms with van der Waals surface area (Å²) < 4.78 is 0. The summed E-state index contributed by atoms with van der Waals surface area (Å²) in [7, 11) is 0. The highest BCUT2D eigenvalue weighted by Crippen LogP contribution is 2.33. The summed E-state index contributed by atoms with van der Waals surface area (Å²) in [5, 5.41) is 8.08. The molecule has 0 unspecified atom stereocenters. The van der Waals surface area contributed by atoms with Crippen LogP contribution in [0.1, 0.15) is 51.4 Å². The molecule has 5 heteroatoms. The average Bonchev–Trinajstić information content (AvgIpc) is 2.70. The molecule has 5 nitrogen and oxygen atoms in total. The van der Waals surface area contributed by atoms with E-state index in [-0.39, 0.29) is 11.9 Å². The van der Waals surface area contributed by atoms with Crippen molar-refractivity contribution in [2.75, 3.05) is 0 Å². The van der Waals surface area contributed by atoms with E-state index in [1.54, 1.807) is 6.21 Å². The molecule has 20 heavy (non-hydrogen) atoms. The fourth-order valence-corrected chi connectivity index (χ4v) is 3.32. The van der Waals surface area contributed by atoms with Crippen molar-refractivity contribution in [1.82, 2.24) is 10.3 Å². The first-order valence-electron chi connectivity index (χ1n) is 7.57. The molecular weight excluding hydrogens is 254 g/mol. The van der Waals surface area contributed by atoms with Crippen LogP contribution < -0.4 is 5.32 Å². The smallest absolute Gasteiger partial charge is 0.321 e. The zero-order valence-electron chi connectivity index (χ0n) is 11.7. The Morgan fingerprint density at radius 2 is 2.05 bits per heavy atom. The molecule has 1 N–H and O–H groups in total. The lowest BCUT2D eigenvalue weighted by molar-refractivity contribution is -0.132. The number of carbonyl (C=O) groups excluding carboxylic acids is 2. The maximum Gasteiger partial charge on any atom is 0.346 e. The van der Waals surface area contributed by atoms with Crippen LogP contribution in [0.5, 0.6) is 0 Å². The summed E-state index contributed by atoms with van der Waals surface area (Å²) in [5.41, 5.74) is -0.668. The van der Waals surface area contributed by atoms with E-state index >= 15 is 0 Å². The van der Waals surface area contributed by atoms with E-state index in [1.165, 1.54) is 0 Å². The van der Waals surface area contributed by atoms with E-state index in [2.05, 4.69) is 22.6 Å². The highest BCUT2D eigenvalue weighted by Gasteiger charge is 2.51. The van der Waals surface area contributed by atoms with Gasteiger partial charge in [0, 0.05) is 6.21 Å². The van der Waals surface area contributed by atoms with Crippen molar-refractivity contribution >= 4 is 18.2 Å². The fourth-order valence-electron chi connectivity index (χ4n) is 3.32. The Kier molecular flexibility index (Phi) is 3.59. The predicted molar refractivity (Wildman–Crippen MR) is 76.2 cm³/mol. The van der Waals surface area contributed by atoms with Gasteiger partial charge >= 0.3 is 6.03 Å². The van der Waals surface area contributed by atoms with E-state index in [9.17, 15) is 9.59 Å². The molecule has 0 aromatic heterocycles. The molecule has 3 amide bonds. The van der Waals surface area contributed by atoms with Crippen molar-refractivity contribution in [1.29, 1.82) is 0 Å². The van der Waals surface area contributed by atoms with E-state index in [0.717, 1.165) is 56.4 Å². The van der Waals surface area contributed by atoms with Crippen LogP contribution in [0.25, 0.3) is 0 Å². The highest BCUT2D eigenvalue weighted by atomic mass is 16.2. The number of allylic oxidation sites excluding steroid dienone is 2. The van der Waals surface area contributed by atoms with Gasteiger partial charge in [0.05, 0.1) is 0 Å². The third-order valence-electron chi connectivity index (χ3n) is 4.55. The van der Waals surface area contributed by atoms with Crippen LogP contribution in [0, 0.1) is 5.92 Å². The first-order valence-corrected chi connectivity index (χ1v) is 7.57. The van der Waals surface area contributed by atoms with Crippen molar-refractivity contribution in [3.8, 4) is 0 Å². The van der Waals surface area contributed by atoms with E-state index in [0.29, 0.717) is 5.92 Å². The first-order chi connectivity index (χ1) is 9.71. The van der Waals surface area contributed by atoms with Gasteiger partial charge in [-0.25, -0.2) is 4.79 Å². The van der Waals surface area contributed by atoms with Gasteiger partial charge in [-0.3, -0.25) is 4.79 Å².